The van der Waals surface area contributed by atoms with Crippen LogP contribution in [0, 0.1) is 5.92 Å². The van der Waals surface area contributed by atoms with E-state index in [1.165, 1.54) is 4.90 Å². The zero-order valence-electron chi connectivity index (χ0n) is 8.43. The molecule has 1 aliphatic heterocycles. The predicted octanol–water partition coefficient (Wildman–Crippen LogP) is -0.345. The monoisotopic (exact) mass is 200 g/mol. The molecule has 1 rings (SSSR count). The van der Waals surface area contributed by atoms with Gasteiger partial charge in [0, 0.05) is 18.5 Å². The van der Waals surface area contributed by atoms with Crippen molar-refractivity contribution >= 4 is 11.9 Å². The summed E-state index contributed by atoms with van der Waals surface area (Å²) < 4.78 is 0. The van der Waals surface area contributed by atoms with E-state index in [1.54, 1.807) is 13.8 Å². The summed E-state index contributed by atoms with van der Waals surface area (Å²) in [7, 11) is 0. The molecule has 14 heavy (non-hydrogen) atoms. The number of hydrogen-bond acceptors (Lipinski definition) is 3. The van der Waals surface area contributed by atoms with Crippen molar-refractivity contribution in [3.63, 3.8) is 0 Å². The van der Waals surface area contributed by atoms with Gasteiger partial charge in [-0.15, -0.1) is 0 Å². The van der Waals surface area contributed by atoms with E-state index in [1.807, 2.05) is 0 Å². The van der Waals surface area contributed by atoms with Crippen LogP contribution in [-0.4, -0.2) is 40.5 Å². The van der Waals surface area contributed by atoms with Gasteiger partial charge in [0.1, 0.15) is 6.04 Å². The van der Waals surface area contributed by atoms with E-state index in [-0.39, 0.29) is 17.9 Å². The summed E-state index contributed by atoms with van der Waals surface area (Å²) in [5.74, 6) is -1.28. The Morgan fingerprint density at radius 3 is 2.50 bits per heavy atom. The zero-order valence-corrected chi connectivity index (χ0v) is 8.43. The molecule has 1 heterocycles. The average Bonchev–Trinajstić information content (AvgIpc) is 2.45. The molecule has 5 heteroatoms. The van der Waals surface area contributed by atoms with Crippen LogP contribution < -0.4 is 5.73 Å². The molecule has 1 saturated heterocycles. The summed E-state index contributed by atoms with van der Waals surface area (Å²) in [6, 6.07) is -0.946. The third-order valence-corrected chi connectivity index (χ3v) is 2.40. The molecule has 3 N–H and O–H groups in total. The highest BCUT2D eigenvalue weighted by Crippen LogP contribution is 2.19. The number of hydrogen-bond donors (Lipinski definition) is 2. The van der Waals surface area contributed by atoms with Crippen LogP contribution in [0.1, 0.15) is 20.3 Å². The van der Waals surface area contributed by atoms with Gasteiger partial charge in [-0.3, -0.25) is 4.79 Å². The summed E-state index contributed by atoms with van der Waals surface area (Å²) in [4.78, 5) is 23.8. The van der Waals surface area contributed by atoms with E-state index in [9.17, 15) is 9.59 Å². The number of amides is 1. The Bertz CT molecular complexity index is 252. The number of carboxylic acid groups (broad SMARTS) is 1. The van der Waals surface area contributed by atoms with Gasteiger partial charge >= 0.3 is 5.97 Å². The van der Waals surface area contributed by atoms with Crippen molar-refractivity contribution in [2.24, 2.45) is 11.7 Å². The van der Waals surface area contributed by atoms with Crippen LogP contribution in [0.4, 0.5) is 0 Å². The normalized spacial score (nSPS) is 27.0. The Hall–Kier alpha value is -1.10. The molecule has 1 fully saturated rings. The lowest BCUT2D eigenvalue weighted by Gasteiger charge is -2.23. The summed E-state index contributed by atoms with van der Waals surface area (Å²) in [5.41, 5.74) is 5.63. The van der Waals surface area contributed by atoms with Gasteiger partial charge in [0.25, 0.3) is 0 Å². The van der Waals surface area contributed by atoms with Crippen molar-refractivity contribution in [2.45, 2.75) is 32.4 Å². The quantitative estimate of drug-likeness (QED) is 0.638. The summed E-state index contributed by atoms with van der Waals surface area (Å²) in [5, 5.41) is 8.88. The molecule has 80 valence electrons. The lowest BCUT2D eigenvalue weighted by Crippen LogP contribution is -2.42. The van der Waals surface area contributed by atoms with Crippen LogP contribution >= 0.6 is 0 Å². The van der Waals surface area contributed by atoms with Crippen LogP contribution in [0.5, 0.6) is 0 Å². The molecule has 0 bridgehead atoms. The van der Waals surface area contributed by atoms with Crippen molar-refractivity contribution in [3.8, 4) is 0 Å². The van der Waals surface area contributed by atoms with Gasteiger partial charge in [-0.1, -0.05) is 13.8 Å². The highest BCUT2D eigenvalue weighted by atomic mass is 16.4. The molecule has 0 saturated carbocycles. The minimum absolute atomic E-state index is 0.134. The van der Waals surface area contributed by atoms with E-state index in [0.29, 0.717) is 13.0 Å². The Morgan fingerprint density at radius 2 is 2.07 bits per heavy atom. The van der Waals surface area contributed by atoms with Gasteiger partial charge in [0.2, 0.25) is 5.91 Å². The number of nitrogens with two attached hydrogens (primary N) is 1. The number of carboxylic acids is 1. The van der Waals surface area contributed by atoms with E-state index in [4.69, 9.17) is 10.8 Å². The number of rotatable bonds is 2. The fourth-order valence-corrected chi connectivity index (χ4v) is 1.68. The zero-order chi connectivity index (χ0) is 10.9. The first kappa shape index (κ1) is 11.0. The summed E-state index contributed by atoms with van der Waals surface area (Å²) in [6.07, 6.45) is 0.355. The third kappa shape index (κ3) is 2.04. The van der Waals surface area contributed by atoms with Crippen LogP contribution in [0.25, 0.3) is 0 Å². The minimum Gasteiger partial charge on any atom is -0.480 e. The van der Waals surface area contributed by atoms with E-state index in [0.717, 1.165) is 0 Å². The maximum atomic E-state index is 11.6. The third-order valence-electron chi connectivity index (χ3n) is 2.40. The second-order valence-corrected chi connectivity index (χ2v) is 4.00. The van der Waals surface area contributed by atoms with Crippen LogP contribution in [-0.2, 0) is 9.59 Å². The van der Waals surface area contributed by atoms with Crippen LogP contribution in [0.3, 0.4) is 0 Å². The van der Waals surface area contributed by atoms with E-state index >= 15 is 0 Å². The molecule has 0 aliphatic carbocycles. The first-order valence-corrected chi connectivity index (χ1v) is 4.72. The lowest BCUT2D eigenvalue weighted by molar-refractivity contribution is -0.149. The van der Waals surface area contributed by atoms with E-state index in [2.05, 4.69) is 0 Å². The Kier molecular flexibility index (Phi) is 3.10. The number of nitrogens with zero attached hydrogens (tertiary/aromatic N) is 1. The van der Waals surface area contributed by atoms with Crippen molar-refractivity contribution in [3.05, 3.63) is 0 Å². The van der Waals surface area contributed by atoms with Gasteiger partial charge in [-0.25, -0.2) is 4.79 Å². The molecule has 0 spiro atoms. The van der Waals surface area contributed by atoms with Gasteiger partial charge in [0.15, 0.2) is 0 Å². The van der Waals surface area contributed by atoms with Crippen molar-refractivity contribution < 1.29 is 14.7 Å². The second-order valence-electron chi connectivity index (χ2n) is 4.00. The first-order chi connectivity index (χ1) is 6.43. The maximum absolute atomic E-state index is 11.6. The molecule has 0 radical (unpaired) electrons. The van der Waals surface area contributed by atoms with Crippen molar-refractivity contribution in [2.75, 3.05) is 6.54 Å². The van der Waals surface area contributed by atoms with Gasteiger partial charge < -0.3 is 15.7 Å². The van der Waals surface area contributed by atoms with Gasteiger partial charge in [0.05, 0.1) is 0 Å². The van der Waals surface area contributed by atoms with Crippen molar-refractivity contribution in [1.29, 1.82) is 0 Å². The average molecular weight is 200 g/mol. The maximum Gasteiger partial charge on any atom is 0.326 e. The number of carbonyl (C=O) groups excluding carboxylic acids is 1. The molecule has 5 nitrogen and oxygen atoms in total. The molecule has 2 unspecified atom stereocenters. The highest BCUT2D eigenvalue weighted by Gasteiger charge is 2.38. The molecule has 0 aromatic carbocycles. The minimum atomic E-state index is -0.966. The Labute approximate surface area is 82.9 Å². The SMILES string of the molecule is CC(C)C(=O)N1CC(N)CC1C(=O)O. The number of carbonyl (C=O) groups is 2. The number of likely N-dealkylation sites (tertiary alicyclic amines) is 1. The predicted molar refractivity (Wildman–Crippen MR) is 50.6 cm³/mol. The van der Waals surface area contributed by atoms with Gasteiger partial charge in [-0.05, 0) is 6.42 Å². The topological polar surface area (TPSA) is 83.6 Å². The number of aliphatic carboxylic acids is 1. The lowest BCUT2D eigenvalue weighted by atomic mass is 10.1. The standard InChI is InChI=1S/C9H16N2O3/c1-5(2)8(12)11-4-6(10)3-7(11)9(13)14/h5-7H,3-4,10H2,1-2H3,(H,13,14). The molecule has 1 aliphatic rings. The Balaban J connectivity index is 2.76. The largest absolute Gasteiger partial charge is 0.480 e. The second kappa shape index (κ2) is 3.96. The smallest absolute Gasteiger partial charge is 0.326 e. The fraction of sp³-hybridized carbons (Fsp3) is 0.778. The summed E-state index contributed by atoms with van der Waals surface area (Å²) in [6.45, 7) is 3.87. The first-order valence-electron chi connectivity index (χ1n) is 4.72. The van der Waals surface area contributed by atoms with Crippen LogP contribution in [0.2, 0.25) is 0 Å². The molecular weight excluding hydrogens is 184 g/mol. The molecule has 1 amide bonds. The fourth-order valence-electron chi connectivity index (χ4n) is 1.68. The van der Waals surface area contributed by atoms with Crippen molar-refractivity contribution in [1.82, 2.24) is 4.90 Å². The van der Waals surface area contributed by atoms with E-state index < -0.39 is 12.0 Å². The molecule has 0 aromatic heterocycles. The molecule has 0 aromatic rings. The molecule has 2 atom stereocenters. The summed E-state index contributed by atoms with van der Waals surface area (Å²) >= 11 is 0. The molecular formula is C9H16N2O3. The van der Waals surface area contributed by atoms with Gasteiger partial charge in [-0.2, -0.15) is 0 Å². The Morgan fingerprint density at radius 1 is 1.50 bits per heavy atom. The van der Waals surface area contributed by atoms with Crippen LogP contribution in [0.15, 0.2) is 0 Å². The highest BCUT2D eigenvalue weighted by molar-refractivity contribution is 5.85.